The largest absolute Gasteiger partial charge is 0.477 e. The van der Waals surface area contributed by atoms with E-state index in [-0.39, 0.29) is 11.4 Å². The Morgan fingerprint density at radius 3 is 3.00 bits per heavy atom. The lowest BCUT2D eigenvalue weighted by molar-refractivity contribution is 0.0698. The molecule has 5 nitrogen and oxygen atoms in total. The molecule has 0 fully saturated rings. The summed E-state index contributed by atoms with van der Waals surface area (Å²) in [6.45, 7) is 2.42. The van der Waals surface area contributed by atoms with E-state index in [9.17, 15) is 4.79 Å². The van der Waals surface area contributed by atoms with Crippen molar-refractivity contribution in [3.63, 3.8) is 0 Å². The van der Waals surface area contributed by atoms with E-state index in [4.69, 9.17) is 10.8 Å². The zero-order valence-electron chi connectivity index (χ0n) is 7.27. The van der Waals surface area contributed by atoms with Crippen LogP contribution in [0.25, 0.3) is 0 Å². The van der Waals surface area contributed by atoms with E-state index in [1.165, 1.54) is 10.9 Å². The van der Waals surface area contributed by atoms with Gasteiger partial charge in [0.15, 0.2) is 5.82 Å². The molecule has 0 aliphatic carbocycles. The first-order chi connectivity index (χ1) is 6.15. The molecule has 0 saturated heterocycles. The van der Waals surface area contributed by atoms with Gasteiger partial charge in [0, 0.05) is 6.20 Å². The number of anilines is 1. The molecule has 70 valence electrons. The molecule has 1 heterocycles. The quantitative estimate of drug-likeness (QED) is 0.674. The van der Waals surface area contributed by atoms with Crippen molar-refractivity contribution in [2.75, 3.05) is 5.73 Å². The fourth-order valence-electron chi connectivity index (χ4n) is 0.908. The van der Waals surface area contributed by atoms with Crippen LogP contribution in [0.5, 0.6) is 0 Å². The highest BCUT2D eigenvalue weighted by Gasteiger charge is 2.11. The van der Waals surface area contributed by atoms with Crippen molar-refractivity contribution in [1.29, 1.82) is 0 Å². The smallest absolute Gasteiger partial charge is 0.341 e. The van der Waals surface area contributed by atoms with Crippen molar-refractivity contribution in [2.24, 2.45) is 0 Å². The minimum Gasteiger partial charge on any atom is -0.477 e. The van der Waals surface area contributed by atoms with Crippen LogP contribution in [0.1, 0.15) is 17.3 Å². The molecule has 13 heavy (non-hydrogen) atoms. The number of carbonyl (C=O) groups is 1. The number of aromatic nitrogens is 2. The first-order valence-corrected chi connectivity index (χ1v) is 3.82. The second-order valence-electron chi connectivity index (χ2n) is 2.52. The zero-order chi connectivity index (χ0) is 9.84. The van der Waals surface area contributed by atoms with Crippen LogP contribution in [0.2, 0.25) is 0 Å². The second kappa shape index (κ2) is 3.75. The van der Waals surface area contributed by atoms with Gasteiger partial charge < -0.3 is 10.8 Å². The Morgan fingerprint density at radius 2 is 2.54 bits per heavy atom. The Balaban J connectivity index is 2.88. The first kappa shape index (κ1) is 9.31. The fraction of sp³-hybridized carbons (Fsp3) is 0.250. The summed E-state index contributed by atoms with van der Waals surface area (Å²) in [5, 5.41) is 12.5. The van der Waals surface area contributed by atoms with Crippen LogP contribution < -0.4 is 5.73 Å². The molecule has 0 bridgehead atoms. The summed E-state index contributed by atoms with van der Waals surface area (Å²) < 4.78 is 1.48. The molecule has 1 aromatic heterocycles. The van der Waals surface area contributed by atoms with Crippen molar-refractivity contribution in [3.8, 4) is 0 Å². The number of nitrogens with zero attached hydrogens (tertiary/aromatic N) is 2. The van der Waals surface area contributed by atoms with Crippen LogP contribution >= 0.6 is 0 Å². The molecule has 0 aromatic carbocycles. The Hall–Kier alpha value is -1.78. The summed E-state index contributed by atoms with van der Waals surface area (Å²) in [6.07, 6.45) is 5.13. The van der Waals surface area contributed by atoms with E-state index in [0.29, 0.717) is 6.54 Å². The number of hydrogen-bond donors (Lipinski definition) is 2. The monoisotopic (exact) mass is 181 g/mol. The van der Waals surface area contributed by atoms with Crippen LogP contribution in [0.4, 0.5) is 5.82 Å². The van der Waals surface area contributed by atoms with Gasteiger partial charge in [-0.25, -0.2) is 4.79 Å². The SMILES string of the molecule is C/C=C/Cn1cc(C(=O)O)c(N)n1. The van der Waals surface area contributed by atoms with E-state index in [1.807, 2.05) is 19.1 Å². The molecule has 0 unspecified atom stereocenters. The van der Waals surface area contributed by atoms with E-state index >= 15 is 0 Å². The van der Waals surface area contributed by atoms with Gasteiger partial charge in [-0.15, -0.1) is 0 Å². The lowest BCUT2D eigenvalue weighted by Crippen LogP contribution is -1.98. The highest BCUT2D eigenvalue weighted by molar-refractivity contribution is 5.92. The molecular weight excluding hydrogens is 170 g/mol. The Morgan fingerprint density at radius 1 is 1.85 bits per heavy atom. The van der Waals surface area contributed by atoms with Gasteiger partial charge in [0.1, 0.15) is 5.56 Å². The van der Waals surface area contributed by atoms with Crippen molar-refractivity contribution in [1.82, 2.24) is 9.78 Å². The van der Waals surface area contributed by atoms with Crippen LogP contribution in [-0.2, 0) is 6.54 Å². The number of carboxylic acids is 1. The molecule has 0 aliphatic rings. The van der Waals surface area contributed by atoms with Crippen LogP contribution in [-0.4, -0.2) is 20.9 Å². The van der Waals surface area contributed by atoms with Crippen molar-refractivity contribution in [3.05, 3.63) is 23.9 Å². The molecule has 0 radical (unpaired) electrons. The number of hydrogen-bond acceptors (Lipinski definition) is 3. The van der Waals surface area contributed by atoms with Crippen LogP contribution in [0, 0.1) is 0 Å². The highest BCUT2D eigenvalue weighted by Crippen LogP contribution is 2.08. The average Bonchev–Trinajstić information content (AvgIpc) is 2.43. The number of allylic oxidation sites excluding steroid dienone is 2. The summed E-state index contributed by atoms with van der Waals surface area (Å²) in [5.74, 6) is -0.999. The second-order valence-corrected chi connectivity index (χ2v) is 2.52. The molecule has 1 aromatic rings. The number of rotatable bonds is 3. The molecular formula is C8H11N3O2. The minimum absolute atomic E-state index is 0.0458. The van der Waals surface area contributed by atoms with Crippen molar-refractivity contribution < 1.29 is 9.90 Å². The van der Waals surface area contributed by atoms with E-state index in [1.54, 1.807) is 0 Å². The summed E-state index contributed by atoms with van der Waals surface area (Å²) in [4.78, 5) is 10.6. The fourth-order valence-corrected chi connectivity index (χ4v) is 0.908. The maximum atomic E-state index is 10.6. The van der Waals surface area contributed by atoms with Gasteiger partial charge >= 0.3 is 5.97 Å². The van der Waals surface area contributed by atoms with Crippen LogP contribution in [0.15, 0.2) is 18.3 Å². The number of carboxylic acid groups (broad SMARTS) is 1. The summed E-state index contributed by atoms with van der Waals surface area (Å²) >= 11 is 0. The maximum absolute atomic E-state index is 10.6. The summed E-state index contributed by atoms with van der Waals surface area (Å²) in [5.41, 5.74) is 5.42. The highest BCUT2D eigenvalue weighted by atomic mass is 16.4. The number of nitrogens with two attached hydrogens (primary N) is 1. The molecule has 0 atom stereocenters. The van der Waals surface area contributed by atoms with E-state index < -0.39 is 5.97 Å². The van der Waals surface area contributed by atoms with Crippen LogP contribution in [0.3, 0.4) is 0 Å². The first-order valence-electron chi connectivity index (χ1n) is 3.82. The van der Waals surface area contributed by atoms with E-state index in [2.05, 4.69) is 5.10 Å². The lowest BCUT2D eigenvalue weighted by Gasteiger charge is -1.91. The van der Waals surface area contributed by atoms with Gasteiger partial charge in [-0.3, -0.25) is 4.68 Å². The molecule has 3 N–H and O–H groups in total. The minimum atomic E-state index is -1.05. The number of nitrogen functional groups attached to an aromatic ring is 1. The molecule has 0 aliphatic heterocycles. The topological polar surface area (TPSA) is 81.1 Å². The predicted molar refractivity (Wildman–Crippen MR) is 48.4 cm³/mol. The Bertz CT molecular complexity index is 341. The van der Waals surface area contributed by atoms with Crippen molar-refractivity contribution >= 4 is 11.8 Å². The van der Waals surface area contributed by atoms with Gasteiger partial charge in [0.25, 0.3) is 0 Å². The molecule has 0 amide bonds. The van der Waals surface area contributed by atoms with Gasteiger partial charge in [-0.2, -0.15) is 5.10 Å². The Kier molecular flexibility index (Phi) is 2.69. The van der Waals surface area contributed by atoms with E-state index in [0.717, 1.165) is 0 Å². The maximum Gasteiger partial charge on any atom is 0.341 e. The standard InChI is InChI=1S/C8H11N3O2/c1-2-3-4-11-5-6(8(12)13)7(9)10-11/h2-3,5H,4H2,1H3,(H2,9,10)(H,12,13)/b3-2+. The van der Waals surface area contributed by atoms with Gasteiger partial charge in [-0.05, 0) is 6.92 Å². The van der Waals surface area contributed by atoms with Gasteiger partial charge in [-0.1, -0.05) is 12.2 Å². The van der Waals surface area contributed by atoms with Gasteiger partial charge in [0.05, 0.1) is 6.54 Å². The molecule has 1 rings (SSSR count). The summed E-state index contributed by atoms with van der Waals surface area (Å²) in [7, 11) is 0. The molecule has 0 spiro atoms. The molecule has 5 heteroatoms. The van der Waals surface area contributed by atoms with Gasteiger partial charge in [0.2, 0.25) is 0 Å². The third-order valence-electron chi connectivity index (χ3n) is 1.55. The predicted octanol–water partition coefficient (Wildman–Crippen LogP) is 0.740. The Labute approximate surface area is 75.5 Å². The number of aromatic carboxylic acids is 1. The third-order valence-corrected chi connectivity index (χ3v) is 1.55. The lowest BCUT2D eigenvalue weighted by atomic mass is 10.3. The average molecular weight is 181 g/mol. The summed E-state index contributed by atoms with van der Waals surface area (Å²) in [6, 6.07) is 0. The van der Waals surface area contributed by atoms with Crippen molar-refractivity contribution in [2.45, 2.75) is 13.5 Å². The zero-order valence-corrected chi connectivity index (χ0v) is 7.27. The molecule has 0 saturated carbocycles. The third kappa shape index (κ3) is 2.08. The normalized spacial score (nSPS) is 10.8.